The minimum atomic E-state index is -0.0950. The molecule has 3 aromatic rings. The Morgan fingerprint density at radius 2 is 2.00 bits per heavy atom. The van der Waals surface area contributed by atoms with Gasteiger partial charge < -0.3 is 14.8 Å². The Labute approximate surface area is 156 Å². The number of fused-ring (bicyclic) bond motifs is 1. The lowest BCUT2D eigenvalue weighted by atomic mass is 10.1. The molecule has 1 N–H and O–H groups in total. The number of rotatable bonds is 6. The quantitative estimate of drug-likeness (QED) is 0.695. The first kappa shape index (κ1) is 18.0. The van der Waals surface area contributed by atoms with Gasteiger partial charge in [-0.2, -0.15) is 0 Å². The van der Waals surface area contributed by atoms with Gasteiger partial charge in [0.1, 0.15) is 11.5 Å². The molecule has 0 spiro atoms. The number of halogens is 1. The number of aryl methyl sites for hydroxylation is 1. The number of hydrogen-bond donors (Lipinski definition) is 1. The lowest BCUT2D eigenvalue weighted by Gasteiger charge is -2.12. The lowest BCUT2D eigenvalue weighted by Crippen LogP contribution is -2.13. The van der Waals surface area contributed by atoms with Crippen LogP contribution in [0.15, 0.2) is 48.7 Å². The summed E-state index contributed by atoms with van der Waals surface area (Å²) in [6.45, 7) is 0. The molecule has 1 heterocycles. The standard InChI is InChI=1S/C20H19ClN2O3/c1-25-14-6-9-18(26-2)13(12-14)5-10-19(24)23-17-8-7-16(21)20-15(17)4-3-11-22-20/h3-4,6-9,11-12H,5,10H2,1-2H3,(H,23,24). The molecule has 0 aliphatic carbocycles. The van der Waals surface area contributed by atoms with E-state index in [9.17, 15) is 4.79 Å². The number of carbonyl (C=O) groups excluding carboxylic acids is 1. The minimum absolute atomic E-state index is 0.0950. The van der Waals surface area contributed by atoms with E-state index in [0.29, 0.717) is 29.1 Å². The predicted molar refractivity (Wildman–Crippen MR) is 103 cm³/mol. The van der Waals surface area contributed by atoms with Gasteiger partial charge in [-0.25, -0.2) is 0 Å². The van der Waals surface area contributed by atoms with Crippen LogP contribution in [0.4, 0.5) is 5.69 Å². The van der Waals surface area contributed by atoms with Crippen molar-refractivity contribution in [1.82, 2.24) is 4.98 Å². The number of nitrogens with zero attached hydrogens (tertiary/aromatic N) is 1. The second kappa shape index (κ2) is 8.06. The van der Waals surface area contributed by atoms with Crippen LogP contribution in [-0.4, -0.2) is 25.1 Å². The SMILES string of the molecule is COc1ccc(OC)c(CCC(=O)Nc2ccc(Cl)c3ncccc23)c1. The van der Waals surface area contributed by atoms with Crippen LogP contribution in [0.1, 0.15) is 12.0 Å². The normalized spacial score (nSPS) is 10.6. The highest BCUT2D eigenvalue weighted by atomic mass is 35.5. The maximum atomic E-state index is 12.4. The molecule has 26 heavy (non-hydrogen) atoms. The van der Waals surface area contributed by atoms with E-state index in [4.69, 9.17) is 21.1 Å². The van der Waals surface area contributed by atoms with Crippen molar-refractivity contribution in [2.45, 2.75) is 12.8 Å². The number of carbonyl (C=O) groups is 1. The van der Waals surface area contributed by atoms with E-state index >= 15 is 0 Å². The molecule has 1 aromatic heterocycles. The molecule has 2 aromatic carbocycles. The summed E-state index contributed by atoms with van der Waals surface area (Å²) in [7, 11) is 3.22. The van der Waals surface area contributed by atoms with Crippen molar-refractivity contribution in [2.24, 2.45) is 0 Å². The van der Waals surface area contributed by atoms with E-state index < -0.39 is 0 Å². The Balaban J connectivity index is 1.74. The van der Waals surface area contributed by atoms with Crippen molar-refractivity contribution in [3.05, 3.63) is 59.2 Å². The molecule has 0 aliphatic heterocycles. The molecule has 5 nitrogen and oxygen atoms in total. The largest absolute Gasteiger partial charge is 0.497 e. The Morgan fingerprint density at radius 3 is 2.77 bits per heavy atom. The van der Waals surface area contributed by atoms with Crippen molar-refractivity contribution in [3.8, 4) is 11.5 Å². The molecule has 0 bridgehead atoms. The summed E-state index contributed by atoms with van der Waals surface area (Å²) in [5.74, 6) is 1.37. The van der Waals surface area contributed by atoms with Crippen LogP contribution < -0.4 is 14.8 Å². The highest BCUT2D eigenvalue weighted by Crippen LogP contribution is 2.29. The van der Waals surface area contributed by atoms with E-state index in [1.54, 1.807) is 32.5 Å². The van der Waals surface area contributed by atoms with E-state index in [1.807, 2.05) is 30.3 Å². The van der Waals surface area contributed by atoms with Crippen LogP contribution in [-0.2, 0) is 11.2 Å². The molecule has 0 saturated heterocycles. The molecule has 0 radical (unpaired) electrons. The molecule has 0 unspecified atom stereocenters. The number of amides is 1. The smallest absolute Gasteiger partial charge is 0.224 e. The zero-order valence-corrected chi connectivity index (χ0v) is 15.3. The second-order valence-corrected chi connectivity index (χ2v) is 6.13. The number of pyridine rings is 1. The molecule has 3 rings (SSSR count). The highest BCUT2D eigenvalue weighted by molar-refractivity contribution is 6.35. The van der Waals surface area contributed by atoms with E-state index in [0.717, 1.165) is 22.4 Å². The fraction of sp³-hybridized carbons (Fsp3) is 0.200. The zero-order chi connectivity index (χ0) is 18.5. The molecule has 1 amide bonds. The maximum absolute atomic E-state index is 12.4. The number of aromatic nitrogens is 1. The van der Waals surface area contributed by atoms with Gasteiger partial charge in [0.15, 0.2) is 0 Å². The zero-order valence-electron chi connectivity index (χ0n) is 14.6. The molecular formula is C20H19ClN2O3. The van der Waals surface area contributed by atoms with Gasteiger partial charge in [0.25, 0.3) is 0 Å². The summed E-state index contributed by atoms with van der Waals surface area (Å²) >= 11 is 6.17. The van der Waals surface area contributed by atoms with Gasteiger partial charge >= 0.3 is 0 Å². The van der Waals surface area contributed by atoms with Crippen LogP contribution in [0.3, 0.4) is 0 Å². The summed E-state index contributed by atoms with van der Waals surface area (Å²) < 4.78 is 10.6. The van der Waals surface area contributed by atoms with Gasteiger partial charge in [0.2, 0.25) is 5.91 Å². The van der Waals surface area contributed by atoms with Crippen LogP contribution in [0.5, 0.6) is 11.5 Å². The van der Waals surface area contributed by atoms with Crippen molar-refractivity contribution in [2.75, 3.05) is 19.5 Å². The first-order chi connectivity index (χ1) is 12.6. The molecule has 0 saturated carbocycles. The summed E-state index contributed by atoms with van der Waals surface area (Å²) in [6.07, 6.45) is 2.53. The monoisotopic (exact) mass is 370 g/mol. The van der Waals surface area contributed by atoms with Crippen molar-refractivity contribution in [3.63, 3.8) is 0 Å². The van der Waals surface area contributed by atoms with Crippen LogP contribution >= 0.6 is 11.6 Å². The van der Waals surface area contributed by atoms with Gasteiger partial charge in [-0.05, 0) is 54.4 Å². The topological polar surface area (TPSA) is 60.5 Å². The maximum Gasteiger partial charge on any atom is 0.224 e. The molecule has 0 aliphatic rings. The number of hydrogen-bond acceptors (Lipinski definition) is 4. The van der Waals surface area contributed by atoms with Gasteiger partial charge in [-0.1, -0.05) is 11.6 Å². The predicted octanol–water partition coefficient (Wildman–Crippen LogP) is 4.48. The Kier molecular flexibility index (Phi) is 5.58. The first-order valence-corrected chi connectivity index (χ1v) is 8.54. The highest BCUT2D eigenvalue weighted by Gasteiger charge is 2.11. The van der Waals surface area contributed by atoms with Crippen LogP contribution in [0.2, 0.25) is 5.02 Å². The number of benzene rings is 2. The average Bonchev–Trinajstić information content (AvgIpc) is 2.68. The third-order valence-corrected chi connectivity index (χ3v) is 4.41. The Bertz CT molecular complexity index is 943. The average molecular weight is 371 g/mol. The third kappa shape index (κ3) is 3.89. The minimum Gasteiger partial charge on any atom is -0.497 e. The number of anilines is 1. The molecular weight excluding hydrogens is 352 g/mol. The number of methoxy groups -OCH3 is 2. The number of ether oxygens (including phenoxy) is 2. The molecule has 134 valence electrons. The fourth-order valence-corrected chi connectivity index (χ4v) is 3.00. The van der Waals surface area contributed by atoms with E-state index in [2.05, 4.69) is 10.3 Å². The van der Waals surface area contributed by atoms with Crippen LogP contribution in [0, 0.1) is 0 Å². The van der Waals surface area contributed by atoms with Crippen molar-refractivity contribution in [1.29, 1.82) is 0 Å². The second-order valence-electron chi connectivity index (χ2n) is 5.72. The van der Waals surface area contributed by atoms with E-state index in [1.165, 1.54) is 0 Å². The van der Waals surface area contributed by atoms with Gasteiger partial charge in [-0.3, -0.25) is 9.78 Å². The van der Waals surface area contributed by atoms with Crippen molar-refractivity contribution >= 4 is 34.1 Å². The third-order valence-electron chi connectivity index (χ3n) is 4.10. The van der Waals surface area contributed by atoms with Crippen molar-refractivity contribution < 1.29 is 14.3 Å². The molecule has 6 heteroatoms. The lowest BCUT2D eigenvalue weighted by molar-refractivity contribution is -0.116. The van der Waals surface area contributed by atoms with E-state index in [-0.39, 0.29) is 5.91 Å². The first-order valence-electron chi connectivity index (χ1n) is 8.16. The van der Waals surface area contributed by atoms with Gasteiger partial charge in [0.05, 0.1) is 30.4 Å². The molecule has 0 fully saturated rings. The van der Waals surface area contributed by atoms with Gasteiger partial charge in [-0.15, -0.1) is 0 Å². The van der Waals surface area contributed by atoms with Gasteiger partial charge in [0, 0.05) is 18.0 Å². The van der Waals surface area contributed by atoms with Crippen LogP contribution in [0.25, 0.3) is 10.9 Å². The number of nitrogens with one attached hydrogen (secondary N) is 1. The summed E-state index contributed by atoms with van der Waals surface area (Å²) in [6, 6.07) is 12.8. The Hall–Kier alpha value is -2.79. The fourth-order valence-electron chi connectivity index (χ4n) is 2.79. The molecule has 0 atom stereocenters. The summed E-state index contributed by atoms with van der Waals surface area (Å²) in [5.41, 5.74) is 2.28. The Morgan fingerprint density at radius 1 is 1.15 bits per heavy atom. The summed E-state index contributed by atoms with van der Waals surface area (Å²) in [4.78, 5) is 16.7. The summed E-state index contributed by atoms with van der Waals surface area (Å²) in [5, 5.41) is 4.31.